The maximum absolute atomic E-state index is 14.2. The largest absolute Gasteiger partial charge is 0.465 e. The number of aliphatic hydroxyl groups excluding tert-OH is 1. The van der Waals surface area contributed by atoms with Gasteiger partial charge in [-0.25, -0.2) is 0 Å². The standard InChI is InChI=1S/C28H44N2O6/c1-5-8-12-19-35-27(34)22-21-14-15-28(36-21)23(22)25(32)30(17-10-9-11-18-31)24(28)26(33)29(16-7-3)20(4)13-6-2/h5,7,20-24,31H,1,3,6,8-19H2,2,4H3/t20?,21-,22+,23+,24?,28?/m1/s1. The Morgan fingerprint density at radius 2 is 2.06 bits per heavy atom. The third kappa shape index (κ3) is 5.40. The normalized spacial score (nSPS) is 29.2. The van der Waals surface area contributed by atoms with E-state index in [0.29, 0.717) is 45.2 Å². The zero-order chi connectivity index (χ0) is 26.3. The van der Waals surface area contributed by atoms with E-state index in [0.717, 1.165) is 25.7 Å². The van der Waals surface area contributed by atoms with Crippen LogP contribution in [-0.4, -0.2) is 82.8 Å². The molecule has 3 aliphatic rings. The van der Waals surface area contributed by atoms with E-state index in [9.17, 15) is 19.5 Å². The van der Waals surface area contributed by atoms with Crippen LogP contribution < -0.4 is 0 Å². The number of ether oxygens (including phenoxy) is 2. The molecular weight excluding hydrogens is 460 g/mol. The minimum atomic E-state index is -1.01. The fraction of sp³-hybridized carbons (Fsp3) is 0.750. The quantitative estimate of drug-likeness (QED) is 0.197. The van der Waals surface area contributed by atoms with Gasteiger partial charge in [-0.05, 0) is 58.3 Å². The SMILES string of the molecule is C=CCCCOC(=O)[C@@H]1[C@H]2C(=O)N(CCCCCO)C(C(=O)N(CC=C)C(C)CCC)C23CC[C@H]1O3. The number of hydrogen-bond donors (Lipinski definition) is 1. The highest BCUT2D eigenvalue weighted by Crippen LogP contribution is 2.58. The van der Waals surface area contributed by atoms with E-state index in [2.05, 4.69) is 20.1 Å². The second kappa shape index (κ2) is 12.9. The van der Waals surface area contributed by atoms with Crippen molar-refractivity contribution in [1.29, 1.82) is 0 Å². The van der Waals surface area contributed by atoms with E-state index in [1.54, 1.807) is 17.1 Å². The first-order chi connectivity index (χ1) is 17.4. The van der Waals surface area contributed by atoms with Crippen LogP contribution in [0.1, 0.15) is 71.6 Å². The zero-order valence-corrected chi connectivity index (χ0v) is 22.0. The smallest absolute Gasteiger partial charge is 0.312 e. The Balaban J connectivity index is 1.91. The molecule has 3 fully saturated rings. The van der Waals surface area contributed by atoms with Crippen LogP contribution in [0.3, 0.4) is 0 Å². The predicted octanol–water partition coefficient (Wildman–Crippen LogP) is 3.24. The molecule has 0 aromatic carbocycles. The maximum Gasteiger partial charge on any atom is 0.312 e. The zero-order valence-electron chi connectivity index (χ0n) is 22.0. The van der Waals surface area contributed by atoms with Crippen LogP contribution in [0.4, 0.5) is 0 Å². The van der Waals surface area contributed by atoms with Gasteiger partial charge < -0.3 is 24.4 Å². The van der Waals surface area contributed by atoms with Crippen molar-refractivity contribution < 1.29 is 29.0 Å². The van der Waals surface area contributed by atoms with E-state index in [4.69, 9.17) is 9.47 Å². The molecular formula is C28H44N2O6. The number of unbranched alkanes of at least 4 members (excludes halogenated alkanes) is 3. The summed E-state index contributed by atoms with van der Waals surface area (Å²) in [6.07, 6.45) is 9.57. The first kappa shape index (κ1) is 28.4. The fourth-order valence-electron chi connectivity index (χ4n) is 6.37. The molecule has 3 unspecified atom stereocenters. The molecule has 1 N–H and O–H groups in total. The minimum absolute atomic E-state index is 0.00786. The molecule has 0 radical (unpaired) electrons. The Morgan fingerprint density at radius 3 is 2.72 bits per heavy atom. The molecule has 8 heteroatoms. The highest BCUT2D eigenvalue weighted by molar-refractivity contribution is 5.98. The van der Waals surface area contributed by atoms with Gasteiger partial charge in [0, 0.05) is 25.7 Å². The average molecular weight is 505 g/mol. The van der Waals surface area contributed by atoms with Crippen LogP contribution in [0.2, 0.25) is 0 Å². The molecule has 1 spiro atoms. The van der Waals surface area contributed by atoms with Gasteiger partial charge >= 0.3 is 5.97 Å². The molecule has 8 nitrogen and oxygen atoms in total. The third-order valence-corrected chi connectivity index (χ3v) is 8.01. The molecule has 36 heavy (non-hydrogen) atoms. The number of rotatable bonds is 16. The molecule has 2 bridgehead atoms. The molecule has 0 aromatic rings. The number of esters is 1. The Labute approximate surface area is 215 Å². The van der Waals surface area contributed by atoms with Crippen molar-refractivity contribution in [3.63, 3.8) is 0 Å². The van der Waals surface area contributed by atoms with Gasteiger partial charge in [-0.3, -0.25) is 14.4 Å². The van der Waals surface area contributed by atoms with E-state index >= 15 is 0 Å². The number of likely N-dealkylation sites (tertiary alicyclic amines) is 1. The van der Waals surface area contributed by atoms with Gasteiger partial charge in [-0.1, -0.05) is 25.5 Å². The summed E-state index contributed by atoms with van der Waals surface area (Å²) in [7, 11) is 0. The lowest BCUT2D eigenvalue weighted by Gasteiger charge is -2.39. The number of amides is 2. The molecule has 3 aliphatic heterocycles. The lowest BCUT2D eigenvalue weighted by Crippen LogP contribution is -2.57. The molecule has 3 heterocycles. The van der Waals surface area contributed by atoms with Gasteiger partial charge in [0.1, 0.15) is 11.6 Å². The average Bonchev–Trinajstić information content (AvgIpc) is 3.50. The molecule has 3 saturated heterocycles. The van der Waals surface area contributed by atoms with Crippen molar-refractivity contribution in [3.05, 3.63) is 25.3 Å². The minimum Gasteiger partial charge on any atom is -0.465 e. The Kier molecular flexibility index (Phi) is 10.1. The van der Waals surface area contributed by atoms with Crippen molar-refractivity contribution in [2.45, 2.75) is 95.4 Å². The highest BCUT2D eigenvalue weighted by atomic mass is 16.6. The number of aliphatic hydroxyl groups is 1. The van der Waals surface area contributed by atoms with Crippen LogP contribution in [0, 0.1) is 11.8 Å². The van der Waals surface area contributed by atoms with Gasteiger partial charge in [0.05, 0.1) is 24.5 Å². The summed E-state index contributed by atoms with van der Waals surface area (Å²) in [5.41, 5.74) is -1.01. The van der Waals surface area contributed by atoms with Crippen molar-refractivity contribution in [2.75, 3.05) is 26.3 Å². The van der Waals surface area contributed by atoms with Crippen molar-refractivity contribution in [3.8, 4) is 0 Å². The topological polar surface area (TPSA) is 96.4 Å². The molecule has 3 rings (SSSR count). The van der Waals surface area contributed by atoms with Gasteiger partial charge in [-0.2, -0.15) is 0 Å². The predicted molar refractivity (Wildman–Crippen MR) is 137 cm³/mol. The van der Waals surface area contributed by atoms with Gasteiger partial charge in [0.15, 0.2) is 0 Å². The van der Waals surface area contributed by atoms with Crippen LogP contribution in [-0.2, 0) is 23.9 Å². The van der Waals surface area contributed by atoms with Crippen LogP contribution >= 0.6 is 0 Å². The first-order valence-corrected chi connectivity index (χ1v) is 13.7. The molecule has 6 atom stereocenters. The maximum atomic E-state index is 14.2. The summed E-state index contributed by atoms with van der Waals surface area (Å²) in [6.45, 7) is 12.8. The number of hydrogen-bond acceptors (Lipinski definition) is 6. The summed E-state index contributed by atoms with van der Waals surface area (Å²) >= 11 is 0. The van der Waals surface area contributed by atoms with E-state index in [1.807, 2.05) is 11.8 Å². The van der Waals surface area contributed by atoms with Crippen LogP contribution in [0.25, 0.3) is 0 Å². The Hall–Kier alpha value is -2.19. The summed E-state index contributed by atoms with van der Waals surface area (Å²) < 4.78 is 12.0. The summed E-state index contributed by atoms with van der Waals surface area (Å²) in [5.74, 6) is -2.11. The highest BCUT2D eigenvalue weighted by Gasteiger charge is 2.75. The monoisotopic (exact) mass is 504 g/mol. The number of fused-ring (bicyclic) bond motifs is 1. The van der Waals surface area contributed by atoms with Crippen LogP contribution in [0.15, 0.2) is 25.3 Å². The first-order valence-electron chi connectivity index (χ1n) is 13.7. The molecule has 0 saturated carbocycles. The molecule has 2 amide bonds. The number of carbonyl (C=O) groups is 3. The summed E-state index contributed by atoms with van der Waals surface area (Å²) in [4.78, 5) is 44.7. The fourth-order valence-corrected chi connectivity index (χ4v) is 6.37. The van der Waals surface area contributed by atoms with Crippen LogP contribution in [0.5, 0.6) is 0 Å². The molecule has 0 aromatic heterocycles. The van der Waals surface area contributed by atoms with Gasteiger partial charge in [0.2, 0.25) is 11.8 Å². The second-order valence-corrected chi connectivity index (χ2v) is 10.4. The van der Waals surface area contributed by atoms with E-state index in [1.165, 1.54) is 0 Å². The number of carbonyl (C=O) groups excluding carboxylic acids is 3. The number of allylic oxidation sites excluding steroid dienone is 1. The van der Waals surface area contributed by atoms with E-state index < -0.39 is 35.6 Å². The lowest BCUT2D eigenvalue weighted by molar-refractivity contribution is -0.155. The van der Waals surface area contributed by atoms with Gasteiger partial charge in [-0.15, -0.1) is 13.2 Å². The Bertz CT molecular complexity index is 816. The molecule has 202 valence electrons. The Morgan fingerprint density at radius 1 is 1.28 bits per heavy atom. The van der Waals surface area contributed by atoms with Crippen molar-refractivity contribution in [1.82, 2.24) is 9.80 Å². The summed E-state index contributed by atoms with van der Waals surface area (Å²) in [5, 5.41) is 9.18. The van der Waals surface area contributed by atoms with Crippen molar-refractivity contribution >= 4 is 17.8 Å². The third-order valence-electron chi connectivity index (χ3n) is 8.01. The number of nitrogens with zero attached hydrogens (tertiary/aromatic N) is 2. The second-order valence-electron chi connectivity index (χ2n) is 10.4. The van der Waals surface area contributed by atoms with Crippen molar-refractivity contribution in [2.24, 2.45) is 11.8 Å². The van der Waals surface area contributed by atoms with Gasteiger partial charge in [0.25, 0.3) is 0 Å². The lowest BCUT2D eigenvalue weighted by atomic mass is 9.70. The molecule has 0 aliphatic carbocycles. The van der Waals surface area contributed by atoms with E-state index in [-0.39, 0.29) is 31.1 Å². The summed E-state index contributed by atoms with van der Waals surface area (Å²) in [6, 6.07) is -0.779.